The first-order valence-electron chi connectivity index (χ1n) is 8.74. The third kappa shape index (κ3) is 3.45. The van der Waals surface area contributed by atoms with E-state index in [0.717, 1.165) is 18.8 Å². The second kappa shape index (κ2) is 5.78. The molecule has 136 valence electrons. The Morgan fingerprint density at radius 3 is 2.25 bits per heavy atom. The van der Waals surface area contributed by atoms with Crippen molar-refractivity contribution in [3.8, 4) is 0 Å². The first kappa shape index (κ1) is 18.8. The number of hydrogen-bond donors (Lipinski definition) is 1. The molecule has 2 rings (SSSR count). The molecule has 1 fully saturated rings. The highest BCUT2D eigenvalue weighted by atomic mass is 16.5. The van der Waals surface area contributed by atoms with Gasteiger partial charge in [0.15, 0.2) is 0 Å². The van der Waals surface area contributed by atoms with Crippen molar-refractivity contribution in [2.45, 2.75) is 73.4 Å². The summed E-state index contributed by atoms with van der Waals surface area (Å²) >= 11 is 0. The van der Waals surface area contributed by atoms with Crippen LogP contribution in [-0.4, -0.2) is 42.1 Å². The largest absolute Gasteiger partial charge is 0.453 e. The second-order valence-electron chi connectivity index (χ2n) is 9.46. The van der Waals surface area contributed by atoms with Gasteiger partial charge in [0.2, 0.25) is 0 Å². The number of aliphatic imine (C=N–C) groups is 1. The zero-order chi connectivity index (χ0) is 18.5. The van der Waals surface area contributed by atoms with Crippen LogP contribution in [0.15, 0.2) is 16.3 Å². The smallest absolute Gasteiger partial charge is 0.407 e. The Balaban J connectivity index is 2.52. The van der Waals surface area contributed by atoms with Gasteiger partial charge < -0.3 is 15.0 Å². The van der Waals surface area contributed by atoms with Crippen LogP contribution >= 0.6 is 0 Å². The molecule has 0 bridgehead atoms. The number of carbonyl (C=O) groups is 1. The number of fused-ring (bicyclic) bond motifs is 1. The molecule has 1 atom stereocenters. The van der Waals surface area contributed by atoms with Crippen LogP contribution in [0.1, 0.15) is 61.8 Å². The molecule has 0 aromatic carbocycles. The van der Waals surface area contributed by atoms with Crippen molar-refractivity contribution >= 4 is 11.9 Å². The Bertz CT molecular complexity index is 589. The van der Waals surface area contributed by atoms with Crippen LogP contribution in [0, 0.1) is 10.8 Å². The van der Waals surface area contributed by atoms with Gasteiger partial charge in [0.05, 0.1) is 18.7 Å². The molecular formula is C19H33N3O2. The summed E-state index contributed by atoms with van der Waals surface area (Å²) < 4.78 is 4.78. The van der Waals surface area contributed by atoms with Crippen molar-refractivity contribution in [3.05, 3.63) is 11.3 Å². The fourth-order valence-corrected chi connectivity index (χ4v) is 4.17. The first-order valence-corrected chi connectivity index (χ1v) is 8.74. The van der Waals surface area contributed by atoms with E-state index in [9.17, 15) is 4.79 Å². The molecule has 0 spiro atoms. The fourth-order valence-electron chi connectivity index (χ4n) is 4.17. The summed E-state index contributed by atoms with van der Waals surface area (Å²) in [5, 5.41) is 2.96. The third-order valence-corrected chi connectivity index (χ3v) is 4.64. The monoisotopic (exact) mass is 335 g/mol. The third-order valence-electron chi connectivity index (χ3n) is 4.64. The lowest BCUT2D eigenvalue weighted by atomic mass is 9.73. The molecule has 2 aliphatic heterocycles. The second-order valence-corrected chi connectivity index (χ2v) is 9.46. The minimum Gasteiger partial charge on any atom is -0.453 e. The van der Waals surface area contributed by atoms with E-state index in [0.29, 0.717) is 0 Å². The van der Waals surface area contributed by atoms with E-state index in [1.165, 1.54) is 18.4 Å². The molecule has 0 aromatic heterocycles. The number of methoxy groups -OCH3 is 1. The topological polar surface area (TPSA) is 53.9 Å². The molecule has 5 heteroatoms. The van der Waals surface area contributed by atoms with Crippen LogP contribution in [0.3, 0.4) is 0 Å². The van der Waals surface area contributed by atoms with Crippen LogP contribution in [0.2, 0.25) is 0 Å². The normalized spacial score (nSPS) is 23.8. The molecule has 2 heterocycles. The van der Waals surface area contributed by atoms with E-state index in [-0.39, 0.29) is 28.5 Å². The van der Waals surface area contributed by atoms with Crippen molar-refractivity contribution in [3.63, 3.8) is 0 Å². The Kier molecular flexibility index (Phi) is 4.53. The maximum atomic E-state index is 11.7. The van der Waals surface area contributed by atoms with Gasteiger partial charge in [-0.1, -0.05) is 41.5 Å². The van der Waals surface area contributed by atoms with Gasteiger partial charge in [-0.2, -0.15) is 0 Å². The molecule has 1 saturated heterocycles. The van der Waals surface area contributed by atoms with E-state index >= 15 is 0 Å². The number of ether oxygens (including phenoxy) is 1. The summed E-state index contributed by atoms with van der Waals surface area (Å²) in [5.41, 5.74) is 2.40. The lowest BCUT2D eigenvalue weighted by Gasteiger charge is -2.45. The van der Waals surface area contributed by atoms with Crippen molar-refractivity contribution in [2.75, 3.05) is 13.7 Å². The van der Waals surface area contributed by atoms with Gasteiger partial charge in [0.1, 0.15) is 5.84 Å². The highest BCUT2D eigenvalue weighted by molar-refractivity contribution is 5.91. The van der Waals surface area contributed by atoms with Gasteiger partial charge in [-0.15, -0.1) is 0 Å². The number of nitrogens with zero attached hydrogens (tertiary/aromatic N) is 2. The summed E-state index contributed by atoms with van der Waals surface area (Å²) in [6, 6.07) is 0.0475. The van der Waals surface area contributed by atoms with Crippen LogP contribution in [0.25, 0.3) is 0 Å². The molecule has 1 amide bonds. The Morgan fingerprint density at radius 2 is 1.79 bits per heavy atom. The lowest BCUT2D eigenvalue weighted by Crippen LogP contribution is -2.47. The number of carbonyl (C=O) groups excluding carboxylic acids is 1. The highest BCUT2D eigenvalue weighted by Crippen LogP contribution is 2.47. The molecule has 0 unspecified atom stereocenters. The number of nitrogens with one attached hydrogen (secondary N) is 1. The predicted octanol–water partition coefficient (Wildman–Crippen LogP) is 3.95. The molecule has 24 heavy (non-hydrogen) atoms. The van der Waals surface area contributed by atoms with E-state index in [4.69, 9.17) is 9.73 Å². The minimum absolute atomic E-state index is 0.0180. The molecule has 1 N–H and O–H groups in total. The average molecular weight is 335 g/mol. The van der Waals surface area contributed by atoms with Gasteiger partial charge in [-0.3, -0.25) is 4.99 Å². The first-order chi connectivity index (χ1) is 10.8. The number of rotatable bonds is 1. The summed E-state index contributed by atoms with van der Waals surface area (Å²) in [4.78, 5) is 19.1. The molecule has 0 radical (unpaired) electrons. The van der Waals surface area contributed by atoms with Gasteiger partial charge >= 0.3 is 6.09 Å². The van der Waals surface area contributed by atoms with Crippen LogP contribution < -0.4 is 5.32 Å². The quantitative estimate of drug-likeness (QED) is 0.789. The van der Waals surface area contributed by atoms with E-state index in [1.54, 1.807) is 0 Å². The van der Waals surface area contributed by atoms with Gasteiger partial charge in [-0.05, 0) is 24.8 Å². The molecular weight excluding hydrogens is 302 g/mol. The Hall–Kier alpha value is -1.52. The lowest BCUT2D eigenvalue weighted by molar-refractivity contribution is 0.167. The molecule has 0 aliphatic carbocycles. The highest BCUT2D eigenvalue weighted by Gasteiger charge is 2.46. The summed E-state index contributed by atoms with van der Waals surface area (Å²) in [7, 11) is 1.41. The average Bonchev–Trinajstić information content (AvgIpc) is 2.75. The summed E-state index contributed by atoms with van der Waals surface area (Å²) in [5.74, 6) is 1.10. The number of alkyl carbamates (subject to hydrolysis) is 1. The minimum atomic E-state index is -0.369. The SMILES string of the molecule is COC(=O)N[C@H]1CC2=C(C(C)(C)C)C(C)(C)N=C(C(C)(C)C)N2C1. The molecule has 5 nitrogen and oxygen atoms in total. The molecule has 0 saturated carbocycles. The van der Waals surface area contributed by atoms with E-state index in [2.05, 4.69) is 65.6 Å². The maximum absolute atomic E-state index is 11.7. The predicted molar refractivity (Wildman–Crippen MR) is 98.1 cm³/mol. The van der Waals surface area contributed by atoms with Gasteiger partial charge in [-0.25, -0.2) is 4.79 Å². The van der Waals surface area contributed by atoms with Crippen LogP contribution in [0.5, 0.6) is 0 Å². The maximum Gasteiger partial charge on any atom is 0.407 e. The van der Waals surface area contributed by atoms with E-state index in [1.807, 2.05) is 0 Å². The van der Waals surface area contributed by atoms with Crippen LogP contribution in [0.4, 0.5) is 4.79 Å². The Morgan fingerprint density at radius 1 is 1.21 bits per heavy atom. The van der Waals surface area contributed by atoms with Crippen molar-refractivity contribution < 1.29 is 9.53 Å². The van der Waals surface area contributed by atoms with Gasteiger partial charge in [0.25, 0.3) is 0 Å². The summed E-state index contributed by atoms with van der Waals surface area (Å²) in [6.07, 6.45) is 0.450. The zero-order valence-corrected chi connectivity index (χ0v) is 16.7. The summed E-state index contributed by atoms with van der Waals surface area (Å²) in [6.45, 7) is 18.5. The molecule has 0 aromatic rings. The van der Waals surface area contributed by atoms with Crippen LogP contribution in [-0.2, 0) is 4.74 Å². The van der Waals surface area contributed by atoms with Gasteiger partial charge in [0, 0.05) is 24.1 Å². The van der Waals surface area contributed by atoms with E-state index < -0.39 is 0 Å². The molecule has 2 aliphatic rings. The Labute approximate surface area is 146 Å². The van der Waals surface area contributed by atoms with Crippen molar-refractivity contribution in [1.29, 1.82) is 0 Å². The number of amides is 1. The zero-order valence-electron chi connectivity index (χ0n) is 16.7. The van der Waals surface area contributed by atoms with Crippen molar-refractivity contribution in [1.82, 2.24) is 10.2 Å². The fraction of sp³-hybridized carbons (Fsp3) is 0.789. The standard InChI is InChI=1S/C19H33N3O2/c1-17(2,3)14-13-10-12(20-16(23)24-9)11-22(13)15(18(4,5)6)21-19(14,7)8/h12H,10-11H2,1-9H3,(H,20,23)/t12-/m0/s1. The number of amidine groups is 1. The number of hydrogen-bond acceptors (Lipinski definition) is 4. The van der Waals surface area contributed by atoms with Crippen molar-refractivity contribution in [2.24, 2.45) is 15.8 Å².